The number of hydrogen-bond acceptors (Lipinski definition) is 4. The predicted octanol–water partition coefficient (Wildman–Crippen LogP) is 5.64. The molecule has 1 aliphatic rings. The van der Waals surface area contributed by atoms with Crippen molar-refractivity contribution in [2.45, 2.75) is 90.1 Å². The molecule has 0 aliphatic heterocycles. The first-order chi connectivity index (χ1) is 13.7. The molecule has 1 unspecified atom stereocenters. The van der Waals surface area contributed by atoms with E-state index in [1.165, 1.54) is 0 Å². The molecule has 0 aromatic carbocycles. The van der Waals surface area contributed by atoms with Crippen molar-refractivity contribution >= 4 is 5.71 Å². The number of ether oxygens (including phenoxy) is 3. The first-order valence-electron chi connectivity index (χ1n) is 10.6. The molecule has 29 heavy (non-hydrogen) atoms. The second-order valence-electron chi connectivity index (χ2n) is 8.09. The number of aliphatic imine (C=N–C) groups is 1. The van der Waals surface area contributed by atoms with Gasteiger partial charge in [-0.2, -0.15) is 0 Å². The van der Waals surface area contributed by atoms with Crippen LogP contribution in [-0.4, -0.2) is 43.8 Å². The smallest absolute Gasteiger partial charge is 0.123 e. The Morgan fingerprint density at radius 2 is 1.93 bits per heavy atom. The minimum absolute atomic E-state index is 0.247. The highest BCUT2D eigenvalue weighted by atomic mass is 16.5. The van der Waals surface area contributed by atoms with E-state index in [0.29, 0.717) is 12.2 Å². The van der Waals surface area contributed by atoms with E-state index in [1.807, 2.05) is 26.8 Å². The minimum atomic E-state index is -0.496. The standard InChI is InChI=1S/C25H39NO3/c1-9-11-21(29-23-17-22(18-23)27-7)14-13-19(3)24(12-10-2)26-20(4)15-16-25(5,6)28-8/h10,12,21-23H,2-3,9,11,13-14,17-18H2,1,4-8H3/b24-12-,26-20+. The molecule has 1 aliphatic carbocycles. The van der Waals surface area contributed by atoms with Crippen molar-refractivity contribution in [2.24, 2.45) is 4.99 Å². The number of methoxy groups -OCH3 is 2. The molecule has 162 valence electrons. The van der Waals surface area contributed by atoms with Crippen LogP contribution in [0, 0.1) is 11.8 Å². The Morgan fingerprint density at radius 3 is 2.48 bits per heavy atom. The van der Waals surface area contributed by atoms with E-state index < -0.39 is 5.60 Å². The lowest BCUT2D eigenvalue weighted by atomic mass is 9.91. The van der Waals surface area contributed by atoms with E-state index in [4.69, 9.17) is 14.2 Å². The average Bonchev–Trinajstić information content (AvgIpc) is 2.66. The summed E-state index contributed by atoms with van der Waals surface area (Å²) in [6, 6.07) is 0. The van der Waals surface area contributed by atoms with E-state index in [1.54, 1.807) is 20.3 Å². The maximum Gasteiger partial charge on any atom is 0.123 e. The summed E-state index contributed by atoms with van der Waals surface area (Å²) in [5, 5.41) is 0. The quantitative estimate of drug-likeness (QED) is 0.241. The molecule has 1 fully saturated rings. The van der Waals surface area contributed by atoms with Crippen LogP contribution in [-0.2, 0) is 14.2 Å². The van der Waals surface area contributed by atoms with Crippen molar-refractivity contribution in [3.05, 3.63) is 36.6 Å². The van der Waals surface area contributed by atoms with Gasteiger partial charge in [0.1, 0.15) is 5.60 Å². The van der Waals surface area contributed by atoms with Crippen molar-refractivity contribution in [1.29, 1.82) is 0 Å². The van der Waals surface area contributed by atoms with E-state index in [-0.39, 0.29) is 6.10 Å². The molecule has 4 nitrogen and oxygen atoms in total. The van der Waals surface area contributed by atoms with Crippen molar-refractivity contribution in [2.75, 3.05) is 14.2 Å². The fourth-order valence-corrected chi connectivity index (χ4v) is 3.01. The van der Waals surface area contributed by atoms with Crippen LogP contribution in [0.3, 0.4) is 0 Å². The van der Waals surface area contributed by atoms with E-state index in [0.717, 1.165) is 55.5 Å². The molecule has 0 aromatic heterocycles. The molecule has 0 aromatic rings. The van der Waals surface area contributed by atoms with Crippen molar-refractivity contribution in [1.82, 2.24) is 0 Å². The van der Waals surface area contributed by atoms with E-state index >= 15 is 0 Å². The molecule has 1 saturated carbocycles. The number of rotatable bonds is 12. The van der Waals surface area contributed by atoms with Crippen LogP contribution in [0.15, 0.2) is 41.6 Å². The van der Waals surface area contributed by atoms with Gasteiger partial charge < -0.3 is 14.2 Å². The lowest BCUT2D eigenvalue weighted by Crippen LogP contribution is -2.39. The van der Waals surface area contributed by atoms with Crippen LogP contribution in [0.2, 0.25) is 0 Å². The zero-order valence-corrected chi connectivity index (χ0v) is 19.2. The van der Waals surface area contributed by atoms with Gasteiger partial charge in [0.15, 0.2) is 0 Å². The van der Waals surface area contributed by atoms with Crippen LogP contribution >= 0.6 is 0 Å². The Hall–Kier alpha value is -1.67. The normalized spacial score (nSPS) is 21.0. The van der Waals surface area contributed by atoms with Gasteiger partial charge in [-0.3, -0.25) is 0 Å². The lowest BCUT2D eigenvalue weighted by molar-refractivity contribution is -0.118. The van der Waals surface area contributed by atoms with Gasteiger partial charge in [0, 0.05) is 14.2 Å². The molecule has 1 atom stereocenters. The molecule has 0 amide bonds. The average molecular weight is 402 g/mol. The highest BCUT2D eigenvalue weighted by molar-refractivity contribution is 5.99. The Balaban J connectivity index is 2.69. The first kappa shape index (κ1) is 25.4. The topological polar surface area (TPSA) is 40.0 Å². The molecule has 1 rings (SSSR count). The summed E-state index contributed by atoms with van der Waals surface area (Å²) in [5.41, 5.74) is 2.03. The van der Waals surface area contributed by atoms with Gasteiger partial charge >= 0.3 is 0 Å². The Morgan fingerprint density at radius 1 is 1.24 bits per heavy atom. The number of allylic oxidation sites excluding steroid dienone is 3. The molecule has 0 spiro atoms. The Kier molecular flexibility index (Phi) is 11.2. The summed E-state index contributed by atoms with van der Waals surface area (Å²) >= 11 is 0. The highest BCUT2D eigenvalue weighted by Gasteiger charge is 2.31. The second-order valence-corrected chi connectivity index (χ2v) is 8.09. The largest absolute Gasteiger partial charge is 0.381 e. The SMILES string of the molecule is C=C/C=C(\N=C(/C)C#CC(C)(C)OC)C(=C)CCC(CCC)OC1CC(OC)C1. The summed E-state index contributed by atoms with van der Waals surface area (Å²) in [7, 11) is 3.42. The highest BCUT2D eigenvalue weighted by Crippen LogP contribution is 2.29. The van der Waals surface area contributed by atoms with Gasteiger partial charge in [-0.15, -0.1) is 0 Å². The molecule has 0 saturated heterocycles. The van der Waals surface area contributed by atoms with Crippen LogP contribution in [0.5, 0.6) is 0 Å². The van der Waals surface area contributed by atoms with E-state index in [2.05, 4.69) is 36.9 Å². The number of nitrogens with zero attached hydrogens (tertiary/aromatic N) is 1. The van der Waals surface area contributed by atoms with Crippen LogP contribution < -0.4 is 0 Å². The predicted molar refractivity (Wildman–Crippen MR) is 122 cm³/mol. The molecular weight excluding hydrogens is 362 g/mol. The summed E-state index contributed by atoms with van der Waals surface area (Å²) < 4.78 is 17.0. The van der Waals surface area contributed by atoms with Gasteiger partial charge in [0.25, 0.3) is 0 Å². The molecular formula is C25H39NO3. The molecule has 0 heterocycles. The summed E-state index contributed by atoms with van der Waals surface area (Å²) in [4.78, 5) is 4.66. The third-order valence-electron chi connectivity index (χ3n) is 5.13. The van der Waals surface area contributed by atoms with Gasteiger partial charge in [0.2, 0.25) is 0 Å². The number of hydrogen-bond donors (Lipinski definition) is 0. The van der Waals surface area contributed by atoms with Gasteiger partial charge in [-0.05, 0) is 70.4 Å². The molecule has 0 bridgehead atoms. The van der Waals surface area contributed by atoms with Gasteiger partial charge in [0.05, 0.1) is 29.7 Å². The van der Waals surface area contributed by atoms with Crippen LogP contribution in [0.4, 0.5) is 0 Å². The van der Waals surface area contributed by atoms with Crippen molar-refractivity contribution < 1.29 is 14.2 Å². The van der Waals surface area contributed by atoms with Crippen LogP contribution in [0.25, 0.3) is 0 Å². The van der Waals surface area contributed by atoms with Crippen molar-refractivity contribution in [3.8, 4) is 11.8 Å². The molecule has 0 radical (unpaired) electrons. The van der Waals surface area contributed by atoms with Gasteiger partial charge in [-0.1, -0.05) is 38.5 Å². The summed E-state index contributed by atoms with van der Waals surface area (Å²) in [5.74, 6) is 6.16. The maximum atomic E-state index is 6.29. The fraction of sp³-hybridized carbons (Fsp3) is 0.640. The fourth-order valence-electron chi connectivity index (χ4n) is 3.01. The third kappa shape index (κ3) is 9.58. The summed E-state index contributed by atoms with van der Waals surface area (Å²) in [6.07, 6.45) is 10.5. The summed E-state index contributed by atoms with van der Waals surface area (Å²) in [6.45, 7) is 16.0. The lowest BCUT2D eigenvalue weighted by Gasteiger charge is -2.36. The first-order valence-corrected chi connectivity index (χ1v) is 10.6. The molecule has 4 heteroatoms. The van der Waals surface area contributed by atoms with E-state index in [9.17, 15) is 0 Å². The van der Waals surface area contributed by atoms with Gasteiger partial charge in [-0.25, -0.2) is 4.99 Å². The minimum Gasteiger partial charge on any atom is -0.381 e. The maximum absolute atomic E-state index is 6.29. The second kappa shape index (κ2) is 12.8. The zero-order valence-electron chi connectivity index (χ0n) is 19.2. The Bertz CT molecular complexity index is 657. The van der Waals surface area contributed by atoms with Crippen LogP contribution in [0.1, 0.15) is 66.2 Å². The van der Waals surface area contributed by atoms with Crippen molar-refractivity contribution in [3.63, 3.8) is 0 Å². The zero-order chi connectivity index (χ0) is 21.9. The third-order valence-corrected chi connectivity index (χ3v) is 5.13. The monoisotopic (exact) mass is 401 g/mol. The Labute approximate surface area is 178 Å². The molecule has 0 N–H and O–H groups in total.